The van der Waals surface area contributed by atoms with E-state index >= 15 is 0 Å². The molecule has 2 aliphatic rings. The first-order chi connectivity index (χ1) is 42.8. The molecule has 0 aromatic heterocycles. The summed E-state index contributed by atoms with van der Waals surface area (Å²) < 4.78 is 63.9. The molecule has 0 aliphatic carbocycles. The third kappa shape index (κ3) is 26.4. The minimum Gasteiger partial charge on any atom is -0.377 e. The zero-order valence-corrected chi connectivity index (χ0v) is 58.4. The van der Waals surface area contributed by atoms with E-state index in [1.54, 1.807) is 0 Å². The molecule has 0 spiro atoms. The van der Waals surface area contributed by atoms with Crippen LogP contribution >= 0.6 is 0 Å². The summed E-state index contributed by atoms with van der Waals surface area (Å²) in [4.78, 5) is 0. The van der Waals surface area contributed by atoms with E-state index < -0.39 is 12.3 Å². The van der Waals surface area contributed by atoms with Crippen molar-refractivity contribution in [1.82, 2.24) is 0 Å². The van der Waals surface area contributed by atoms with Gasteiger partial charge in [-0.15, -0.1) is 0 Å². The molecule has 0 bridgehead atoms. The van der Waals surface area contributed by atoms with Crippen molar-refractivity contribution in [1.29, 1.82) is 0 Å². The van der Waals surface area contributed by atoms with Crippen molar-refractivity contribution in [2.45, 2.75) is 0 Å². The van der Waals surface area contributed by atoms with Crippen LogP contribution in [0.3, 0.4) is 0 Å². The number of rotatable bonds is 8. The van der Waals surface area contributed by atoms with E-state index in [1.807, 2.05) is 0 Å². The van der Waals surface area contributed by atoms with Crippen LogP contribution in [0.1, 0.15) is 0 Å². The standard InChI is InChI=1S/2C24H20B.2C12H24O6.2K/c2*1-5-13-21(14-6-1)25(22-15-7-2-8-16-22,23-17-9-3-10-18-23)24-19-11-4-12-20-24;2*1-2-14-5-6-16-9-10-18-12-11-17-8-7-15-4-3-13-1;;/h2*1-20H;2*1-12H2;;/q2*-1;;;2*+1. The summed E-state index contributed by atoms with van der Waals surface area (Å²) in [5.41, 5.74) is 10.7. The Kier molecular flexibility index (Phi) is 41.5. The molecule has 2 aliphatic heterocycles. The van der Waals surface area contributed by atoms with E-state index in [0.717, 1.165) is 0 Å². The van der Waals surface area contributed by atoms with Gasteiger partial charge in [0.2, 0.25) is 0 Å². The molecule has 8 aromatic rings. The molecule has 0 amide bonds. The van der Waals surface area contributed by atoms with Crippen LogP contribution in [0.25, 0.3) is 0 Å². The molecule has 12 nitrogen and oxygen atoms in total. The Balaban J connectivity index is 0.000000215. The van der Waals surface area contributed by atoms with Gasteiger partial charge in [0, 0.05) is 0 Å². The van der Waals surface area contributed by atoms with Crippen molar-refractivity contribution in [3.8, 4) is 0 Å². The zero-order chi connectivity index (χ0) is 59.4. The van der Waals surface area contributed by atoms with Crippen LogP contribution in [-0.4, -0.2) is 171 Å². The van der Waals surface area contributed by atoms with Gasteiger partial charge in [0.15, 0.2) is 0 Å². The Labute approximate surface area is 609 Å². The summed E-state index contributed by atoms with van der Waals surface area (Å²) in [6.45, 7) is 14.1. The first kappa shape index (κ1) is 75.4. The summed E-state index contributed by atoms with van der Waals surface area (Å²) in [5, 5.41) is 0. The molecule has 0 unspecified atom stereocenters. The number of benzene rings is 8. The van der Waals surface area contributed by atoms with Gasteiger partial charge in [0.25, 0.3) is 0 Å². The normalized spacial score (nSPS) is 16.2. The summed E-state index contributed by atoms with van der Waals surface area (Å²) >= 11 is 0. The Morgan fingerprint density at radius 2 is 0.216 bits per heavy atom. The molecule has 456 valence electrons. The van der Waals surface area contributed by atoms with Crippen LogP contribution in [0.2, 0.25) is 0 Å². The van der Waals surface area contributed by atoms with E-state index in [0.29, 0.717) is 159 Å². The first-order valence-corrected chi connectivity index (χ1v) is 30.5. The van der Waals surface area contributed by atoms with Gasteiger partial charge in [-0.2, -0.15) is 43.7 Å². The average molecular weight is 1250 g/mol. The van der Waals surface area contributed by atoms with Crippen LogP contribution in [0.5, 0.6) is 0 Å². The first-order valence-electron chi connectivity index (χ1n) is 30.5. The molecular formula is C72H88B2K2O12. The summed E-state index contributed by atoms with van der Waals surface area (Å²) in [5.74, 6) is 0. The largest absolute Gasteiger partial charge is 1.00 e. The third-order valence-electron chi connectivity index (χ3n) is 14.9. The van der Waals surface area contributed by atoms with Gasteiger partial charge in [0.1, 0.15) is 12.3 Å². The van der Waals surface area contributed by atoms with Crippen LogP contribution in [0, 0.1) is 0 Å². The van der Waals surface area contributed by atoms with E-state index in [2.05, 4.69) is 243 Å². The fraction of sp³-hybridized carbons (Fsp3) is 0.333. The molecule has 10 rings (SSSR count). The van der Waals surface area contributed by atoms with Crippen molar-refractivity contribution in [2.75, 3.05) is 159 Å². The molecule has 0 atom stereocenters. The van der Waals surface area contributed by atoms with Gasteiger partial charge in [-0.1, -0.05) is 243 Å². The molecular weight excluding hydrogens is 1160 g/mol. The van der Waals surface area contributed by atoms with Crippen molar-refractivity contribution in [3.05, 3.63) is 243 Å². The molecule has 0 radical (unpaired) electrons. The second-order valence-corrected chi connectivity index (χ2v) is 20.4. The molecule has 0 saturated carbocycles. The van der Waals surface area contributed by atoms with E-state index in [9.17, 15) is 0 Å². The molecule has 88 heavy (non-hydrogen) atoms. The topological polar surface area (TPSA) is 111 Å². The smallest absolute Gasteiger partial charge is 0.377 e. The number of hydrogen-bond donors (Lipinski definition) is 0. The predicted octanol–water partition coefficient (Wildman–Crippen LogP) is 0.335. The summed E-state index contributed by atoms with van der Waals surface area (Å²) in [6.07, 6.45) is -2.43. The van der Waals surface area contributed by atoms with E-state index in [1.165, 1.54) is 43.7 Å². The number of ether oxygens (including phenoxy) is 12. The van der Waals surface area contributed by atoms with Gasteiger partial charge in [-0.3, -0.25) is 0 Å². The maximum Gasteiger partial charge on any atom is 1.00 e. The van der Waals surface area contributed by atoms with Crippen LogP contribution in [0.15, 0.2) is 243 Å². The quantitative estimate of drug-likeness (QED) is 0.196. The fourth-order valence-electron chi connectivity index (χ4n) is 10.9. The van der Waals surface area contributed by atoms with Gasteiger partial charge in [-0.25, -0.2) is 0 Å². The Morgan fingerprint density at radius 1 is 0.136 bits per heavy atom. The third-order valence-corrected chi connectivity index (χ3v) is 14.9. The molecule has 2 heterocycles. The Bertz CT molecular complexity index is 2190. The monoisotopic (exact) mass is 1240 g/mol. The van der Waals surface area contributed by atoms with Crippen LogP contribution in [-0.2, 0) is 56.8 Å². The predicted molar refractivity (Wildman–Crippen MR) is 350 cm³/mol. The van der Waals surface area contributed by atoms with E-state index in [-0.39, 0.29) is 103 Å². The zero-order valence-electron chi connectivity index (χ0n) is 52.1. The SMILES string of the molecule is C1COCCOCCOCCOCCOCCO1.C1COCCOCCOCCOCCOCCO1.[K+].[K+].c1ccc([B-](c2ccccc2)(c2ccccc2)c2ccccc2)cc1.c1ccc([B-](c2ccccc2)(c2ccccc2)c2ccccc2)cc1. The fourth-order valence-corrected chi connectivity index (χ4v) is 10.9. The molecule has 8 aromatic carbocycles. The Hall–Kier alpha value is -3.32. The van der Waals surface area contributed by atoms with Gasteiger partial charge in [-0.05, 0) is 0 Å². The minimum absolute atomic E-state index is 0. The van der Waals surface area contributed by atoms with E-state index in [4.69, 9.17) is 56.8 Å². The van der Waals surface area contributed by atoms with Crippen molar-refractivity contribution in [3.63, 3.8) is 0 Å². The second-order valence-electron chi connectivity index (χ2n) is 20.4. The molecule has 0 N–H and O–H groups in total. The maximum absolute atomic E-state index is 5.33. The molecule has 2 saturated heterocycles. The minimum atomic E-state index is -1.22. The van der Waals surface area contributed by atoms with Crippen molar-refractivity contribution < 1.29 is 160 Å². The summed E-state index contributed by atoms with van der Waals surface area (Å²) in [7, 11) is 0. The maximum atomic E-state index is 5.33. The second kappa shape index (κ2) is 48.4. The average Bonchev–Trinajstić information content (AvgIpc) is 0.920. The molecule has 2 fully saturated rings. The van der Waals surface area contributed by atoms with Crippen molar-refractivity contribution in [2.24, 2.45) is 0 Å². The van der Waals surface area contributed by atoms with Crippen molar-refractivity contribution >= 4 is 56.0 Å². The van der Waals surface area contributed by atoms with Crippen LogP contribution < -0.4 is 146 Å². The van der Waals surface area contributed by atoms with Crippen LogP contribution in [0.4, 0.5) is 0 Å². The van der Waals surface area contributed by atoms with Gasteiger partial charge in [0.05, 0.1) is 159 Å². The number of hydrogen-bond acceptors (Lipinski definition) is 12. The molecule has 16 heteroatoms. The van der Waals surface area contributed by atoms with Gasteiger partial charge >= 0.3 is 103 Å². The summed E-state index contributed by atoms with van der Waals surface area (Å²) in [6, 6.07) is 87.1. The Morgan fingerprint density at radius 3 is 0.295 bits per heavy atom. The van der Waals surface area contributed by atoms with Gasteiger partial charge < -0.3 is 56.8 Å².